The van der Waals surface area contributed by atoms with Crippen molar-refractivity contribution in [2.75, 3.05) is 0 Å². The Hall–Kier alpha value is -0.820. The minimum Gasteiger partial charge on any atom is -0.385 e. The molecule has 1 aromatic carbocycles. The summed E-state index contributed by atoms with van der Waals surface area (Å²) in [5.41, 5.74) is 2.02. The molecule has 0 spiro atoms. The fourth-order valence-corrected chi connectivity index (χ4v) is 3.93. The lowest BCUT2D eigenvalue weighted by Gasteiger charge is -2.45. The van der Waals surface area contributed by atoms with E-state index in [0.29, 0.717) is 11.8 Å². The van der Waals surface area contributed by atoms with Gasteiger partial charge in [0, 0.05) is 0 Å². The molecule has 1 saturated carbocycles. The third-order valence-corrected chi connectivity index (χ3v) is 4.47. The molecule has 1 N–H and O–H groups in total. The summed E-state index contributed by atoms with van der Waals surface area (Å²) in [6.07, 6.45) is 2.96. The Labute approximate surface area is 118 Å². The van der Waals surface area contributed by atoms with Gasteiger partial charge in [-0.05, 0) is 47.6 Å². The first-order valence-corrected chi connectivity index (χ1v) is 7.55. The standard InChI is InChI=1S/C18H28O/c1-13(2)15-6-8-16(9-7-15)18(19)11-14(3)10-17(4,5)12-18/h6-9,13-14,19H,10-12H2,1-5H3. The van der Waals surface area contributed by atoms with E-state index < -0.39 is 5.60 Å². The largest absolute Gasteiger partial charge is 0.385 e. The van der Waals surface area contributed by atoms with Crippen molar-refractivity contribution in [3.05, 3.63) is 35.4 Å². The van der Waals surface area contributed by atoms with Gasteiger partial charge < -0.3 is 5.11 Å². The van der Waals surface area contributed by atoms with Gasteiger partial charge in [-0.3, -0.25) is 0 Å². The quantitative estimate of drug-likeness (QED) is 0.806. The molecular formula is C18H28O. The van der Waals surface area contributed by atoms with E-state index in [4.69, 9.17) is 0 Å². The lowest BCUT2D eigenvalue weighted by Crippen LogP contribution is -2.39. The minimum absolute atomic E-state index is 0.225. The maximum absolute atomic E-state index is 11.1. The van der Waals surface area contributed by atoms with Crippen LogP contribution in [0.15, 0.2) is 24.3 Å². The molecule has 1 aliphatic rings. The zero-order valence-corrected chi connectivity index (χ0v) is 13.0. The van der Waals surface area contributed by atoms with Crippen LogP contribution < -0.4 is 0 Å². The molecule has 19 heavy (non-hydrogen) atoms. The molecule has 106 valence electrons. The van der Waals surface area contributed by atoms with E-state index in [-0.39, 0.29) is 5.41 Å². The fraction of sp³-hybridized carbons (Fsp3) is 0.667. The highest BCUT2D eigenvalue weighted by molar-refractivity contribution is 5.29. The van der Waals surface area contributed by atoms with E-state index in [9.17, 15) is 5.11 Å². The Kier molecular flexibility index (Phi) is 3.79. The molecule has 2 unspecified atom stereocenters. The highest BCUT2D eigenvalue weighted by atomic mass is 16.3. The Morgan fingerprint density at radius 3 is 2.16 bits per heavy atom. The Morgan fingerprint density at radius 1 is 1.11 bits per heavy atom. The van der Waals surface area contributed by atoms with Crippen molar-refractivity contribution in [3.63, 3.8) is 0 Å². The van der Waals surface area contributed by atoms with E-state index >= 15 is 0 Å². The van der Waals surface area contributed by atoms with Crippen LogP contribution in [0.5, 0.6) is 0 Å². The summed E-state index contributed by atoms with van der Waals surface area (Å²) >= 11 is 0. The summed E-state index contributed by atoms with van der Waals surface area (Å²) in [5.74, 6) is 1.13. The zero-order chi connectivity index (χ0) is 14.3. The van der Waals surface area contributed by atoms with Gasteiger partial charge >= 0.3 is 0 Å². The van der Waals surface area contributed by atoms with Crippen LogP contribution in [0.4, 0.5) is 0 Å². The average Bonchev–Trinajstić information content (AvgIpc) is 2.25. The molecule has 1 heteroatoms. The highest BCUT2D eigenvalue weighted by Gasteiger charge is 2.42. The summed E-state index contributed by atoms with van der Waals surface area (Å²) in [6, 6.07) is 8.60. The van der Waals surface area contributed by atoms with Crippen molar-refractivity contribution in [1.29, 1.82) is 0 Å². The molecule has 0 amide bonds. The van der Waals surface area contributed by atoms with Gasteiger partial charge in [-0.15, -0.1) is 0 Å². The minimum atomic E-state index is -0.642. The van der Waals surface area contributed by atoms with Crippen LogP contribution in [0, 0.1) is 11.3 Å². The van der Waals surface area contributed by atoms with Gasteiger partial charge in [0.25, 0.3) is 0 Å². The highest BCUT2D eigenvalue weighted by Crippen LogP contribution is 2.48. The van der Waals surface area contributed by atoms with Crippen LogP contribution in [0.3, 0.4) is 0 Å². The van der Waals surface area contributed by atoms with Crippen LogP contribution in [0.1, 0.15) is 70.9 Å². The molecule has 2 atom stereocenters. The second-order valence-corrected chi connectivity index (χ2v) is 7.66. The first-order valence-electron chi connectivity index (χ1n) is 7.55. The van der Waals surface area contributed by atoms with E-state index in [1.54, 1.807) is 0 Å². The third-order valence-electron chi connectivity index (χ3n) is 4.47. The lowest BCUT2D eigenvalue weighted by atomic mass is 9.64. The summed E-state index contributed by atoms with van der Waals surface area (Å²) in [7, 11) is 0. The number of hydrogen-bond donors (Lipinski definition) is 1. The Bertz CT molecular complexity index is 430. The monoisotopic (exact) mass is 260 g/mol. The van der Waals surface area contributed by atoms with Crippen LogP contribution in [-0.4, -0.2) is 5.11 Å². The number of hydrogen-bond acceptors (Lipinski definition) is 1. The van der Waals surface area contributed by atoms with Gasteiger partial charge in [-0.25, -0.2) is 0 Å². The normalized spacial score (nSPS) is 30.6. The van der Waals surface area contributed by atoms with Gasteiger partial charge in [-0.1, -0.05) is 58.9 Å². The predicted molar refractivity (Wildman–Crippen MR) is 81.2 cm³/mol. The van der Waals surface area contributed by atoms with Gasteiger partial charge in [-0.2, -0.15) is 0 Å². The van der Waals surface area contributed by atoms with Gasteiger partial charge in [0.05, 0.1) is 5.60 Å². The molecule has 1 aliphatic carbocycles. The van der Waals surface area contributed by atoms with Crippen molar-refractivity contribution in [2.45, 2.75) is 65.4 Å². The zero-order valence-electron chi connectivity index (χ0n) is 13.0. The molecule has 0 bridgehead atoms. The molecule has 1 fully saturated rings. The lowest BCUT2D eigenvalue weighted by molar-refractivity contribution is -0.0635. The summed E-state index contributed by atoms with van der Waals surface area (Å²) in [4.78, 5) is 0. The maximum Gasteiger partial charge on any atom is 0.0904 e. The van der Waals surface area contributed by atoms with Crippen LogP contribution in [0.25, 0.3) is 0 Å². The van der Waals surface area contributed by atoms with Crippen molar-refractivity contribution in [2.24, 2.45) is 11.3 Å². The maximum atomic E-state index is 11.1. The first-order chi connectivity index (χ1) is 8.72. The molecule has 1 aromatic rings. The second kappa shape index (κ2) is 4.94. The van der Waals surface area contributed by atoms with Gasteiger partial charge in [0.15, 0.2) is 0 Å². The fourth-order valence-electron chi connectivity index (χ4n) is 3.93. The van der Waals surface area contributed by atoms with Gasteiger partial charge in [0.1, 0.15) is 0 Å². The van der Waals surface area contributed by atoms with Crippen LogP contribution in [-0.2, 0) is 5.60 Å². The molecular weight excluding hydrogens is 232 g/mol. The van der Waals surface area contributed by atoms with Crippen LogP contribution >= 0.6 is 0 Å². The topological polar surface area (TPSA) is 20.2 Å². The SMILES string of the molecule is CC1CC(C)(C)CC(O)(c2ccc(C(C)C)cc2)C1. The van der Waals surface area contributed by atoms with Gasteiger partial charge in [0.2, 0.25) is 0 Å². The third kappa shape index (κ3) is 3.20. The van der Waals surface area contributed by atoms with Crippen LogP contribution in [0.2, 0.25) is 0 Å². The van der Waals surface area contributed by atoms with E-state index in [1.807, 2.05) is 0 Å². The summed E-state index contributed by atoms with van der Waals surface area (Å²) < 4.78 is 0. The number of aliphatic hydroxyl groups is 1. The van der Waals surface area contributed by atoms with Crippen molar-refractivity contribution >= 4 is 0 Å². The molecule has 0 radical (unpaired) electrons. The van der Waals surface area contributed by atoms with Crippen molar-refractivity contribution < 1.29 is 5.11 Å². The van der Waals surface area contributed by atoms with Crippen molar-refractivity contribution in [1.82, 2.24) is 0 Å². The molecule has 0 aromatic heterocycles. The average molecular weight is 260 g/mol. The smallest absolute Gasteiger partial charge is 0.0904 e. The molecule has 0 saturated heterocycles. The predicted octanol–water partition coefficient (Wildman–Crippen LogP) is 4.84. The van der Waals surface area contributed by atoms with E-state index in [0.717, 1.165) is 18.4 Å². The second-order valence-electron chi connectivity index (χ2n) is 7.66. The van der Waals surface area contributed by atoms with Crippen molar-refractivity contribution in [3.8, 4) is 0 Å². The molecule has 1 nitrogen and oxygen atoms in total. The number of benzene rings is 1. The summed E-state index contributed by atoms with van der Waals surface area (Å²) in [5, 5.41) is 11.1. The number of rotatable bonds is 2. The summed E-state index contributed by atoms with van der Waals surface area (Å²) in [6.45, 7) is 11.2. The molecule has 2 rings (SSSR count). The Morgan fingerprint density at radius 2 is 1.68 bits per heavy atom. The first kappa shape index (κ1) is 14.6. The molecule has 0 aliphatic heterocycles. The Balaban J connectivity index is 2.28. The van der Waals surface area contributed by atoms with E-state index in [2.05, 4.69) is 58.9 Å². The van der Waals surface area contributed by atoms with E-state index in [1.165, 1.54) is 12.0 Å². The molecule has 0 heterocycles.